The maximum absolute atomic E-state index is 10.7. The molecule has 18 heteroatoms. The van der Waals surface area contributed by atoms with Crippen LogP contribution in [0.4, 0.5) is 56.1 Å². The zero-order valence-corrected chi connectivity index (χ0v) is 27.6. The number of halogens is 12. The van der Waals surface area contributed by atoms with Crippen molar-refractivity contribution in [2.75, 3.05) is 18.0 Å². The molecule has 0 atom stereocenters. The van der Waals surface area contributed by atoms with Crippen molar-refractivity contribution in [3.63, 3.8) is 0 Å². The zero-order chi connectivity index (χ0) is 36.3. The van der Waals surface area contributed by atoms with E-state index in [2.05, 4.69) is 81.9 Å². The summed E-state index contributed by atoms with van der Waals surface area (Å²) in [6.45, 7) is 8.24. The molecule has 48 heavy (non-hydrogen) atoms. The molecule has 0 bridgehead atoms. The van der Waals surface area contributed by atoms with Gasteiger partial charge in [-0.2, -0.15) is 14.4 Å². The fourth-order valence-corrected chi connectivity index (χ4v) is 5.65. The molecule has 4 nitrogen and oxygen atoms in total. The van der Waals surface area contributed by atoms with Crippen LogP contribution in [0.1, 0.15) is 54.0 Å². The Morgan fingerprint density at radius 2 is 1.08 bits per heavy atom. The number of hydrogen-bond donors (Lipinski definition) is 0. The molecular weight excluding hydrogens is 706 g/mol. The van der Waals surface area contributed by atoms with Crippen LogP contribution in [0.3, 0.4) is 0 Å². The van der Waals surface area contributed by atoms with Crippen molar-refractivity contribution in [3.05, 3.63) is 76.6 Å². The number of aromatic nitrogens is 2. The molecule has 3 aliphatic heterocycles. The summed E-state index contributed by atoms with van der Waals surface area (Å²) < 4.78 is 123. The normalized spacial score (nSPS) is 18.0. The van der Waals surface area contributed by atoms with E-state index in [0.29, 0.717) is 0 Å². The van der Waals surface area contributed by atoms with E-state index in [4.69, 9.17) is 5.26 Å². The van der Waals surface area contributed by atoms with Gasteiger partial charge in [-0.15, -0.1) is 0 Å². The van der Waals surface area contributed by atoms with E-state index in [-0.39, 0.29) is 0 Å². The molecule has 1 aromatic carbocycles. The van der Waals surface area contributed by atoms with Crippen molar-refractivity contribution >= 4 is 33.5 Å². The van der Waals surface area contributed by atoms with Crippen LogP contribution < -0.4 is 14.0 Å². The molecule has 2 aromatic heterocycles. The third kappa shape index (κ3) is 15.2. The Labute approximate surface area is 269 Å². The van der Waals surface area contributed by atoms with Crippen LogP contribution in [0, 0.1) is 18.3 Å². The van der Waals surface area contributed by atoms with Gasteiger partial charge in [-0.05, 0) is 72.6 Å². The Morgan fingerprint density at radius 3 is 1.56 bits per heavy atom. The minimum absolute atomic E-state index is 1.07. The number of nitriles is 1. The molecule has 0 N–H and O–H groups in total. The summed E-state index contributed by atoms with van der Waals surface area (Å²) >= 11 is 0. The van der Waals surface area contributed by atoms with Gasteiger partial charge in [0.1, 0.15) is 0 Å². The van der Waals surface area contributed by atoms with Crippen LogP contribution in [0.25, 0.3) is 23.5 Å². The van der Waals surface area contributed by atoms with Crippen LogP contribution in [-0.4, -0.2) is 13.1 Å². The van der Waals surface area contributed by atoms with Crippen LogP contribution in [0.5, 0.6) is 0 Å². The zero-order valence-electron chi connectivity index (χ0n) is 25.9. The molecule has 0 aliphatic carbocycles. The number of hydrogen-bond acceptors (Lipinski definition) is 2. The predicted octanol–water partition coefficient (Wildman–Crippen LogP) is 11.8. The maximum atomic E-state index is 9.87. The molecule has 0 unspecified atom stereocenters. The van der Waals surface area contributed by atoms with E-state index in [1.54, 1.807) is 22.9 Å². The summed E-state index contributed by atoms with van der Waals surface area (Å²) in [4.78, 5) is 2.62. The van der Waals surface area contributed by atoms with Crippen molar-refractivity contribution in [1.29, 1.82) is 5.26 Å². The van der Waals surface area contributed by atoms with Gasteiger partial charge in [-0.1, -0.05) is 12.2 Å². The van der Waals surface area contributed by atoms with Gasteiger partial charge in [-0.3, -0.25) is 0 Å². The molecule has 0 saturated carbocycles. The Hall–Kier alpha value is -3.43. The number of pyridine rings is 2. The summed E-state index contributed by atoms with van der Waals surface area (Å²) in [6.07, 6.45) is 15.3. The van der Waals surface area contributed by atoms with Crippen LogP contribution in [0.15, 0.2) is 48.8 Å². The van der Waals surface area contributed by atoms with Gasteiger partial charge in [0.2, 0.25) is 0 Å². The van der Waals surface area contributed by atoms with Gasteiger partial charge in [0.25, 0.3) is 11.4 Å². The molecule has 0 saturated heterocycles. The van der Waals surface area contributed by atoms with Crippen LogP contribution in [-0.2, 0) is 25.9 Å². The average molecular weight is 741 g/mol. The Bertz CT molecular complexity index is 1650. The van der Waals surface area contributed by atoms with E-state index in [9.17, 15) is 50.4 Å². The third-order valence-electron chi connectivity index (χ3n) is 7.13. The van der Waals surface area contributed by atoms with E-state index >= 15 is 0 Å². The molecule has 0 spiro atoms. The van der Waals surface area contributed by atoms with Crippen molar-refractivity contribution in [2.45, 2.75) is 59.0 Å². The number of fused-ring (bicyclic) bond motifs is 3. The molecular formula is C30H34F12N4P2. The van der Waals surface area contributed by atoms with Gasteiger partial charge in [0.15, 0.2) is 25.5 Å². The molecule has 3 aromatic rings. The summed E-state index contributed by atoms with van der Waals surface area (Å²) in [6, 6.07) is 15.8. The number of nitrogens with zero attached hydrogens (tertiary/aromatic N) is 4. The summed E-state index contributed by atoms with van der Waals surface area (Å²) in [5.74, 6) is 0. The van der Waals surface area contributed by atoms with Crippen LogP contribution >= 0.6 is 15.6 Å². The topological polar surface area (TPSA) is 34.8 Å². The van der Waals surface area contributed by atoms with E-state index in [0.717, 1.165) is 13.1 Å². The monoisotopic (exact) mass is 740 g/mol. The number of anilines is 1. The summed E-state index contributed by atoms with van der Waals surface area (Å²) in [5, 5.41) is 7.32. The molecule has 5 heterocycles. The Morgan fingerprint density at radius 1 is 0.667 bits per heavy atom. The SMILES string of the molecule is CC#N.Cc1cc[n+]2c(c1)-c1cc(/C=C/c3cc4c5c(c3)CCCN5CCC4)cc[n+]1CCC2.F[P-](F)(F)(F)(F)F.F[P-](F)(F)(F)(F)F. The molecule has 0 radical (unpaired) electrons. The first-order valence-corrected chi connectivity index (χ1v) is 18.7. The predicted molar refractivity (Wildman–Crippen MR) is 164 cm³/mol. The van der Waals surface area contributed by atoms with Crippen molar-refractivity contribution in [2.24, 2.45) is 0 Å². The van der Waals surface area contributed by atoms with Gasteiger partial charge in [0, 0.05) is 50.0 Å². The quantitative estimate of drug-likeness (QED) is 0.149. The van der Waals surface area contributed by atoms with E-state index < -0.39 is 15.6 Å². The number of rotatable bonds is 2. The fourth-order valence-electron chi connectivity index (χ4n) is 5.65. The first kappa shape index (κ1) is 39.0. The van der Waals surface area contributed by atoms with Crippen molar-refractivity contribution in [1.82, 2.24) is 0 Å². The summed E-state index contributed by atoms with van der Waals surface area (Å²) in [7, 11) is -21.3. The van der Waals surface area contributed by atoms with Gasteiger partial charge in [0.05, 0.1) is 12.5 Å². The fraction of sp³-hybridized carbons (Fsp3) is 0.367. The molecule has 268 valence electrons. The Kier molecular flexibility index (Phi) is 10.1. The second-order valence-corrected chi connectivity index (χ2v) is 15.4. The molecule has 0 fully saturated rings. The molecule has 6 rings (SSSR count). The second-order valence-electron chi connectivity index (χ2n) is 11.5. The first-order valence-electron chi connectivity index (χ1n) is 14.6. The first-order chi connectivity index (χ1) is 21.6. The standard InChI is InChI=1S/C28H31N3.C2H3N.2F6P/c1-21-9-15-29-13-4-14-30-16-10-22(20-27(30)26(29)17-21)7-8-23-18-24-5-2-11-31-12-3-6-25(19-23)28(24)31;1-2-3;2*1-7(2,3,4,5)6/h7-10,15-20H,2-6,11-14H2,1H3;1H3;;/q+2;;2*-1. The molecule has 0 amide bonds. The second kappa shape index (κ2) is 12.5. The van der Waals surface area contributed by atoms with Crippen molar-refractivity contribution in [3.8, 4) is 17.5 Å². The summed E-state index contributed by atoms with van der Waals surface area (Å²) in [5.41, 5.74) is 11.3. The minimum atomic E-state index is -10.7. The van der Waals surface area contributed by atoms with Crippen LogP contribution in [0.2, 0.25) is 0 Å². The van der Waals surface area contributed by atoms with Gasteiger partial charge < -0.3 is 4.90 Å². The number of benzene rings is 1. The van der Waals surface area contributed by atoms with Crippen molar-refractivity contribution < 1.29 is 59.5 Å². The third-order valence-corrected chi connectivity index (χ3v) is 7.13. The average Bonchev–Trinajstić information content (AvgIpc) is 3.08. The molecule has 3 aliphatic rings. The van der Waals surface area contributed by atoms with E-state index in [1.165, 1.54) is 80.2 Å². The number of aryl methyl sites for hydroxylation is 5. The van der Waals surface area contributed by atoms with Gasteiger partial charge >= 0.3 is 66.0 Å². The van der Waals surface area contributed by atoms with Gasteiger partial charge in [-0.25, -0.2) is 0 Å². The van der Waals surface area contributed by atoms with E-state index in [1.807, 2.05) is 0 Å². The Balaban J connectivity index is 0.000000307.